The number of hydrogen-bond donors (Lipinski definition) is 2. The Morgan fingerprint density at radius 1 is 1.15 bits per heavy atom. The molecular formula is C25H25N3O4S. The molecule has 1 unspecified atom stereocenters. The number of nitrogens with one attached hydrogen (secondary N) is 2. The van der Waals surface area contributed by atoms with Gasteiger partial charge in [0.15, 0.2) is 9.84 Å². The molecule has 3 aromatic rings. The maximum Gasteiger partial charge on any atom is 0.256 e. The second-order valence-corrected chi connectivity index (χ2v) is 11.5. The van der Waals surface area contributed by atoms with E-state index in [1.165, 1.54) is 12.5 Å². The molecule has 8 heteroatoms. The number of fused-ring (bicyclic) bond motifs is 5. The highest BCUT2D eigenvalue weighted by Crippen LogP contribution is 2.48. The highest BCUT2D eigenvalue weighted by atomic mass is 32.2. The molecule has 2 fully saturated rings. The van der Waals surface area contributed by atoms with Crippen molar-refractivity contribution in [1.29, 1.82) is 5.26 Å². The second-order valence-electron chi connectivity index (χ2n) is 9.49. The van der Waals surface area contributed by atoms with E-state index in [-0.39, 0.29) is 22.3 Å². The first-order valence-electron chi connectivity index (χ1n) is 11.2. The van der Waals surface area contributed by atoms with Crippen molar-refractivity contribution in [1.82, 2.24) is 10.3 Å². The molecule has 2 aliphatic rings. The molecule has 0 aliphatic heterocycles. The van der Waals surface area contributed by atoms with Crippen LogP contribution in [-0.2, 0) is 21.1 Å². The van der Waals surface area contributed by atoms with Crippen molar-refractivity contribution in [3.05, 3.63) is 52.3 Å². The average molecular weight is 464 g/mol. The van der Waals surface area contributed by atoms with Crippen molar-refractivity contribution in [3.63, 3.8) is 0 Å². The van der Waals surface area contributed by atoms with Gasteiger partial charge < -0.3 is 10.3 Å². The van der Waals surface area contributed by atoms with E-state index in [1.807, 2.05) is 6.07 Å². The summed E-state index contributed by atoms with van der Waals surface area (Å²) >= 11 is 0. The van der Waals surface area contributed by atoms with Crippen LogP contribution in [0.4, 0.5) is 0 Å². The topological polar surface area (TPSA) is 120 Å². The van der Waals surface area contributed by atoms with E-state index >= 15 is 0 Å². The standard InChI is InChI=1S/C25H25N3O4S/c1-33(31,32)18-5-7-23-21(12-18)19-6-3-15(11-22(19)25(30)28-23)9-17(13-26)27-24(29)20-10-14-2-4-16(20)8-14/h3,5-7,11-12,14,16-17,20H,2,4,8-10H2,1H3,(H,27,29)(H,28,30)/t14-,16+,17?,20+/m1/s1. The van der Waals surface area contributed by atoms with Gasteiger partial charge in [0.05, 0.1) is 11.0 Å². The van der Waals surface area contributed by atoms with Gasteiger partial charge in [-0.1, -0.05) is 18.6 Å². The molecule has 170 valence electrons. The van der Waals surface area contributed by atoms with Crippen LogP contribution in [0.3, 0.4) is 0 Å². The van der Waals surface area contributed by atoms with Crippen LogP contribution < -0.4 is 10.9 Å². The summed E-state index contributed by atoms with van der Waals surface area (Å²) in [5, 5.41) is 14.2. The van der Waals surface area contributed by atoms with Gasteiger partial charge in [-0.2, -0.15) is 5.26 Å². The molecule has 33 heavy (non-hydrogen) atoms. The first-order valence-corrected chi connectivity index (χ1v) is 13.1. The van der Waals surface area contributed by atoms with Crippen LogP contribution in [0.1, 0.15) is 31.2 Å². The summed E-state index contributed by atoms with van der Waals surface area (Å²) in [6.45, 7) is 0. The molecule has 0 radical (unpaired) electrons. The fraction of sp³-hybridized carbons (Fsp3) is 0.400. The number of sulfone groups is 1. The largest absolute Gasteiger partial charge is 0.340 e. The van der Waals surface area contributed by atoms with E-state index < -0.39 is 15.9 Å². The Hall–Kier alpha value is -3.18. The first-order chi connectivity index (χ1) is 15.7. The van der Waals surface area contributed by atoms with Crippen molar-refractivity contribution >= 4 is 37.4 Å². The maximum absolute atomic E-state index is 12.8. The van der Waals surface area contributed by atoms with Gasteiger partial charge in [0.2, 0.25) is 5.91 Å². The lowest BCUT2D eigenvalue weighted by molar-refractivity contribution is -0.126. The molecule has 1 heterocycles. The number of carbonyl (C=O) groups excluding carboxylic acids is 1. The monoisotopic (exact) mass is 463 g/mol. The smallest absolute Gasteiger partial charge is 0.256 e. The molecule has 0 spiro atoms. The van der Waals surface area contributed by atoms with Crippen LogP contribution in [0.25, 0.3) is 21.7 Å². The number of amides is 1. The molecule has 2 N–H and O–H groups in total. The highest BCUT2D eigenvalue weighted by molar-refractivity contribution is 7.90. The minimum Gasteiger partial charge on any atom is -0.340 e. The quantitative estimate of drug-likeness (QED) is 0.564. The number of carbonyl (C=O) groups is 1. The number of H-pyrrole nitrogens is 1. The van der Waals surface area contributed by atoms with Crippen molar-refractivity contribution in [2.75, 3.05) is 6.26 Å². The van der Waals surface area contributed by atoms with Gasteiger partial charge in [0, 0.05) is 34.9 Å². The second kappa shape index (κ2) is 7.99. The van der Waals surface area contributed by atoms with E-state index in [4.69, 9.17) is 0 Å². The van der Waals surface area contributed by atoms with E-state index in [1.54, 1.807) is 24.3 Å². The highest BCUT2D eigenvalue weighted by Gasteiger charge is 2.43. The van der Waals surface area contributed by atoms with E-state index in [9.17, 15) is 23.3 Å². The van der Waals surface area contributed by atoms with Gasteiger partial charge in [-0.05, 0) is 66.3 Å². The third-order valence-corrected chi connectivity index (χ3v) is 8.38. The van der Waals surface area contributed by atoms with Crippen molar-refractivity contribution in [3.8, 4) is 6.07 Å². The van der Waals surface area contributed by atoms with Crippen LogP contribution in [-0.4, -0.2) is 31.6 Å². The molecule has 7 nitrogen and oxygen atoms in total. The van der Waals surface area contributed by atoms with Crippen LogP contribution in [0.15, 0.2) is 46.1 Å². The van der Waals surface area contributed by atoms with Crippen molar-refractivity contribution in [2.45, 2.75) is 43.0 Å². The lowest BCUT2D eigenvalue weighted by atomic mass is 9.88. The van der Waals surface area contributed by atoms with Crippen molar-refractivity contribution in [2.24, 2.45) is 17.8 Å². The van der Waals surface area contributed by atoms with E-state index in [0.717, 1.165) is 31.1 Å². The summed E-state index contributed by atoms with van der Waals surface area (Å²) in [5.41, 5.74) is 1.03. The third kappa shape index (κ3) is 4.02. The lowest BCUT2D eigenvalue weighted by Gasteiger charge is -2.22. The predicted molar refractivity (Wildman–Crippen MR) is 125 cm³/mol. The Bertz CT molecular complexity index is 1490. The molecule has 2 saturated carbocycles. The molecule has 4 atom stereocenters. The summed E-state index contributed by atoms with van der Waals surface area (Å²) in [5.74, 6) is 1.07. The normalized spacial score (nSPS) is 23.0. The number of aromatic nitrogens is 1. The predicted octanol–water partition coefficient (Wildman–Crippen LogP) is 3.07. The summed E-state index contributed by atoms with van der Waals surface area (Å²) in [4.78, 5) is 28.4. The summed E-state index contributed by atoms with van der Waals surface area (Å²) in [7, 11) is -3.39. The number of hydrogen-bond acceptors (Lipinski definition) is 5. The van der Waals surface area contributed by atoms with Crippen molar-refractivity contribution < 1.29 is 13.2 Å². The Morgan fingerprint density at radius 3 is 2.64 bits per heavy atom. The van der Waals surface area contributed by atoms with Gasteiger partial charge in [-0.25, -0.2) is 8.42 Å². The molecule has 1 amide bonds. The van der Waals surface area contributed by atoms with Gasteiger partial charge in [0.1, 0.15) is 6.04 Å². The number of benzene rings is 2. The number of nitrogens with zero attached hydrogens (tertiary/aromatic N) is 1. The van der Waals surface area contributed by atoms with Crippen LogP contribution in [0.5, 0.6) is 0 Å². The number of rotatable bonds is 5. The Balaban J connectivity index is 1.43. The fourth-order valence-electron chi connectivity index (χ4n) is 5.63. The van der Waals surface area contributed by atoms with Crippen LogP contribution in [0, 0.1) is 29.1 Å². The Kier molecular flexibility index (Phi) is 5.25. The zero-order valence-electron chi connectivity index (χ0n) is 18.3. The van der Waals surface area contributed by atoms with Crippen LogP contribution >= 0.6 is 0 Å². The summed E-state index contributed by atoms with van der Waals surface area (Å²) in [6, 6.07) is 11.5. The minimum atomic E-state index is -3.39. The SMILES string of the molecule is CS(=O)(=O)c1ccc2[nH]c(=O)c3cc(CC(C#N)NC(=O)[C@H]4C[C@@H]5CC[C@H]4C5)ccc3c2c1. The summed E-state index contributed by atoms with van der Waals surface area (Å²) in [6.07, 6.45) is 5.79. The molecule has 0 saturated heterocycles. The van der Waals surface area contributed by atoms with Gasteiger partial charge in [0.25, 0.3) is 5.56 Å². The van der Waals surface area contributed by atoms with E-state index in [2.05, 4.69) is 16.4 Å². The zero-order chi connectivity index (χ0) is 23.3. The fourth-order valence-corrected chi connectivity index (χ4v) is 6.27. The van der Waals surface area contributed by atoms with Crippen LogP contribution in [0.2, 0.25) is 0 Å². The minimum absolute atomic E-state index is 0.00875. The zero-order valence-corrected chi connectivity index (χ0v) is 19.1. The molecule has 5 rings (SSSR count). The third-order valence-electron chi connectivity index (χ3n) is 7.27. The first kappa shape index (κ1) is 21.7. The Morgan fingerprint density at radius 2 is 1.97 bits per heavy atom. The number of pyridine rings is 1. The molecule has 2 bridgehead atoms. The number of nitriles is 1. The molecule has 2 aliphatic carbocycles. The summed E-state index contributed by atoms with van der Waals surface area (Å²) < 4.78 is 24.0. The van der Waals surface area contributed by atoms with Gasteiger partial charge in [-0.15, -0.1) is 0 Å². The van der Waals surface area contributed by atoms with Gasteiger partial charge in [-0.3, -0.25) is 9.59 Å². The maximum atomic E-state index is 12.8. The lowest BCUT2D eigenvalue weighted by Crippen LogP contribution is -2.41. The van der Waals surface area contributed by atoms with Gasteiger partial charge >= 0.3 is 0 Å². The van der Waals surface area contributed by atoms with E-state index in [0.29, 0.717) is 39.9 Å². The molecular weight excluding hydrogens is 438 g/mol. The Labute approximate surface area is 191 Å². The molecule has 1 aromatic heterocycles. The molecule has 2 aromatic carbocycles. The average Bonchev–Trinajstić information content (AvgIpc) is 3.42. The number of aromatic amines is 1.